The number of likely N-dealkylation sites (tertiary alicyclic amines) is 1. The molecule has 0 aromatic heterocycles. The Kier molecular flexibility index (Phi) is 4.38. The average Bonchev–Trinajstić information content (AvgIpc) is 2.91. The molecule has 0 spiro atoms. The SMILES string of the molecule is CN(C(=O)CN1CCCC1=O)C1CCOc2ccc(Br)cc21. The Bertz CT molecular complexity index is 605. The summed E-state index contributed by atoms with van der Waals surface area (Å²) in [6.45, 7) is 1.46. The van der Waals surface area contributed by atoms with Crippen LogP contribution in [-0.4, -0.2) is 48.4 Å². The molecule has 6 heteroatoms. The number of ether oxygens (including phenoxy) is 1. The third kappa shape index (κ3) is 2.97. The van der Waals surface area contributed by atoms with Crippen LogP contribution in [0.25, 0.3) is 0 Å². The smallest absolute Gasteiger partial charge is 0.242 e. The summed E-state index contributed by atoms with van der Waals surface area (Å²) in [5, 5.41) is 0. The van der Waals surface area contributed by atoms with Crippen molar-refractivity contribution >= 4 is 27.7 Å². The lowest BCUT2D eigenvalue weighted by molar-refractivity contribution is -0.139. The van der Waals surface area contributed by atoms with E-state index in [0.29, 0.717) is 19.6 Å². The number of likely N-dealkylation sites (N-methyl/N-ethyl adjacent to an activating group) is 1. The second kappa shape index (κ2) is 6.28. The Morgan fingerprint density at radius 3 is 3.05 bits per heavy atom. The van der Waals surface area contributed by atoms with Gasteiger partial charge in [-0.2, -0.15) is 0 Å². The number of hydrogen-bond donors (Lipinski definition) is 0. The van der Waals surface area contributed by atoms with Gasteiger partial charge in [0.1, 0.15) is 5.75 Å². The molecular weight excluding hydrogens is 348 g/mol. The molecule has 22 heavy (non-hydrogen) atoms. The zero-order valence-corrected chi connectivity index (χ0v) is 14.1. The van der Waals surface area contributed by atoms with E-state index in [1.165, 1.54) is 0 Å². The highest BCUT2D eigenvalue weighted by Crippen LogP contribution is 2.37. The van der Waals surface area contributed by atoms with E-state index in [2.05, 4.69) is 15.9 Å². The van der Waals surface area contributed by atoms with Gasteiger partial charge in [0.05, 0.1) is 19.2 Å². The molecule has 1 aromatic rings. The van der Waals surface area contributed by atoms with Gasteiger partial charge < -0.3 is 14.5 Å². The molecule has 0 bridgehead atoms. The highest BCUT2D eigenvalue weighted by atomic mass is 79.9. The van der Waals surface area contributed by atoms with Crippen LogP contribution in [0.4, 0.5) is 0 Å². The molecule has 1 unspecified atom stereocenters. The predicted molar refractivity (Wildman–Crippen MR) is 85.6 cm³/mol. The van der Waals surface area contributed by atoms with Crippen LogP contribution < -0.4 is 4.74 Å². The number of hydrogen-bond acceptors (Lipinski definition) is 3. The van der Waals surface area contributed by atoms with Crippen molar-refractivity contribution in [2.24, 2.45) is 0 Å². The summed E-state index contributed by atoms with van der Waals surface area (Å²) in [5.74, 6) is 0.890. The second-order valence-electron chi connectivity index (χ2n) is 5.76. The monoisotopic (exact) mass is 366 g/mol. The first-order valence-electron chi connectivity index (χ1n) is 7.52. The molecule has 0 N–H and O–H groups in total. The van der Waals surface area contributed by atoms with Crippen LogP contribution in [0.5, 0.6) is 5.75 Å². The minimum atomic E-state index is -0.0203. The highest BCUT2D eigenvalue weighted by Gasteiger charge is 2.30. The van der Waals surface area contributed by atoms with Crippen LogP contribution in [0.15, 0.2) is 22.7 Å². The number of carbonyl (C=O) groups is 2. The first kappa shape index (κ1) is 15.3. The first-order chi connectivity index (χ1) is 10.6. The van der Waals surface area contributed by atoms with Crippen molar-refractivity contribution in [1.82, 2.24) is 9.80 Å². The van der Waals surface area contributed by atoms with Crippen LogP contribution >= 0.6 is 15.9 Å². The normalized spacial score (nSPS) is 20.5. The fourth-order valence-electron chi connectivity index (χ4n) is 3.07. The molecule has 1 fully saturated rings. The average molecular weight is 367 g/mol. The molecule has 1 saturated heterocycles. The molecule has 0 saturated carbocycles. The van der Waals surface area contributed by atoms with Crippen LogP contribution in [-0.2, 0) is 9.59 Å². The van der Waals surface area contributed by atoms with Gasteiger partial charge in [-0.25, -0.2) is 0 Å². The molecule has 2 aliphatic heterocycles. The van der Waals surface area contributed by atoms with Gasteiger partial charge in [-0.3, -0.25) is 9.59 Å². The van der Waals surface area contributed by atoms with Crippen molar-refractivity contribution in [2.75, 3.05) is 26.7 Å². The van der Waals surface area contributed by atoms with Gasteiger partial charge in [0, 0.05) is 36.5 Å². The van der Waals surface area contributed by atoms with E-state index >= 15 is 0 Å². The van der Waals surface area contributed by atoms with Crippen molar-refractivity contribution < 1.29 is 14.3 Å². The molecule has 1 atom stereocenters. The van der Waals surface area contributed by atoms with Crippen molar-refractivity contribution in [3.8, 4) is 5.75 Å². The molecule has 0 aliphatic carbocycles. The summed E-state index contributed by atoms with van der Waals surface area (Å²) in [7, 11) is 1.81. The molecule has 2 heterocycles. The Labute approximate surface area is 138 Å². The summed E-state index contributed by atoms with van der Waals surface area (Å²) >= 11 is 3.47. The molecule has 5 nitrogen and oxygen atoms in total. The number of amides is 2. The van der Waals surface area contributed by atoms with Crippen LogP contribution in [0, 0.1) is 0 Å². The summed E-state index contributed by atoms with van der Waals surface area (Å²) in [6, 6.07) is 5.86. The molecule has 2 aliphatic rings. The van der Waals surface area contributed by atoms with Crippen molar-refractivity contribution in [1.29, 1.82) is 0 Å². The van der Waals surface area contributed by atoms with Gasteiger partial charge in [-0.1, -0.05) is 15.9 Å². The van der Waals surface area contributed by atoms with E-state index in [0.717, 1.165) is 28.6 Å². The highest BCUT2D eigenvalue weighted by molar-refractivity contribution is 9.10. The Morgan fingerprint density at radius 1 is 1.50 bits per heavy atom. The molecule has 2 amide bonds. The van der Waals surface area contributed by atoms with Gasteiger partial charge in [-0.15, -0.1) is 0 Å². The van der Waals surface area contributed by atoms with E-state index in [1.54, 1.807) is 9.80 Å². The number of halogens is 1. The second-order valence-corrected chi connectivity index (χ2v) is 6.67. The first-order valence-corrected chi connectivity index (χ1v) is 8.31. The lowest BCUT2D eigenvalue weighted by atomic mass is 9.99. The third-order valence-corrected chi connectivity index (χ3v) is 4.83. The number of fused-ring (bicyclic) bond motifs is 1. The number of carbonyl (C=O) groups excluding carboxylic acids is 2. The quantitative estimate of drug-likeness (QED) is 0.824. The molecule has 118 valence electrons. The molecular formula is C16H19BrN2O3. The van der Waals surface area contributed by atoms with Crippen LogP contribution in [0.1, 0.15) is 30.9 Å². The summed E-state index contributed by atoms with van der Waals surface area (Å²) < 4.78 is 6.64. The standard InChI is InChI=1S/C16H19BrN2O3/c1-18(16(21)10-19-7-2-3-15(19)20)13-6-8-22-14-5-4-11(17)9-12(13)14/h4-5,9,13H,2-3,6-8,10H2,1H3. The van der Waals surface area contributed by atoms with Crippen LogP contribution in [0.2, 0.25) is 0 Å². The maximum absolute atomic E-state index is 12.5. The lowest BCUT2D eigenvalue weighted by Gasteiger charge is -2.34. The third-order valence-electron chi connectivity index (χ3n) is 4.34. The number of rotatable bonds is 3. The van der Waals surface area contributed by atoms with Gasteiger partial charge in [0.15, 0.2) is 0 Å². The number of nitrogens with zero attached hydrogens (tertiary/aromatic N) is 2. The van der Waals surface area contributed by atoms with Crippen molar-refractivity contribution in [3.63, 3.8) is 0 Å². The summed E-state index contributed by atoms with van der Waals surface area (Å²) in [4.78, 5) is 27.6. The van der Waals surface area contributed by atoms with Crippen molar-refractivity contribution in [2.45, 2.75) is 25.3 Å². The molecule has 0 radical (unpaired) electrons. The minimum Gasteiger partial charge on any atom is -0.493 e. The van der Waals surface area contributed by atoms with Gasteiger partial charge in [-0.05, 0) is 24.6 Å². The maximum atomic E-state index is 12.5. The zero-order chi connectivity index (χ0) is 15.7. The predicted octanol–water partition coefficient (Wildman–Crippen LogP) is 2.35. The van der Waals surface area contributed by atoms with Gasteiger partial charge >= 0.3 is 0 Å². The fraction of sp³-hybridized carbons (Fsp3) is 0.500. The van der Waals surface area contributed by atoms with E-state index in [1.807, 2.05) is 25.2 Å². The van der Waals surface area contributed by atoms with Crippen molar-refractivity contribution in [3.05, 3.63) is 28.2 Å². The topological polar surface area (TPSA) is 49.9 Å². The van der Waals surface area contributed by atoms with Gasteiger partial charge in [0.2, 0.25) is 11.8 Å². The fourth-order valence-corrected chi connectivity index (χ4v) is 3.45. The summed E-state index contributed by atoms with van der Waals surface area (Å²) in [6.07, 6.45) is 2.17. The summed E-state index contributed by atoms with van der Waals surface area (Å²) in [5.41, 5.74) is 1.02. The van der Waals surface area contributed by atoms with Crippen LogP contribution in [0.3, 0.4) is 0 Å². The van der Waals surface area contributed by atoms with Gasteiger partial charge in [0.25, 0.3) is 0 Å². The Hall–Kier alpha value is -1.56. The van der Waals surface area contributed by atoms with E-state index in [9.17, 15) is 9.59 Å². The largest absolute Gasteiger partial charge is 0.493 e. The molecule has 1 aromatic carbocycles. The molecule has 3 rings (SSSR count). The van der Waals surface area contributed by atoms with E-state index < -0.39 is 0 Å². The maximum Gasteiger partial charge on any atom is 0.242 e. The zero-order valence-electron chi connectivity index (χ0n) is 12.5. The van der Waals surface area contributed by atoms with E-state index in [4.69, 9.17) is 4.74 Å². The Morgan fingerprint density at radius 2 is 2.32 bits per heavy atom. The van der Waals surface area contributed by atoms with E-state index in [-0.39, 0.29) is 24.4 Å². The minimum absolute atomic E-state index is 0.00791. The Balaban J connectivity index is 1.75. The number of benzene rings is 1. The lowest BCUT2D eigenvalue weighted by Crippen LogP contribution is -2.41.